The van der Waals surface area contributed by atoms with E-state index in [0.717, 1.165) is 57.7 Å². The molecule has 0 atom stereocenters. The summed E-state index contributed by atoms with van der Waals surface area (Å²) in [7, 11) is 3.91. The van der Waals surface area contributed by atoms with Crippen LogP contribution in [0.15, 0.2) is 53.8 Å². The summed E-state index contributed by atoms with van der Waals surface area (Å²) in [6.45, 7) is 6.71. The van der Waals surface area contributed by atoms with Crippen LogP contribution in [0.1, 0.15) is 5.56 Å². The number of hydrogen-bond acceptors (Lipinski definition) is 5. The molecule has 2 heterocycles. The average molecular weight is 368 g/mol. The maximum atomic E-state index is 4.41. The molecule has 1 aromatic carbocycles. The summed E-state index contributed by atoms with van der Waals surface area (Å²) in [5, 5.41) is 3.48. The van der Waals surface area contributed by atoms with Crippen LogP contribution in [0, 0.1) is 0 Å². The van der Waals surface area contributed by atoms with Gasteiger partial charge < -0.3 is 15.1 Å². The van der Waals surface area contributed by atoms with Crippen molar-refractivity contribution in [3.63, 3.8) is 0 Å². The predicted molar refractivity (Wildman–Crippen MR) is 110 cm³/mol. The van der Waals surface area contributed by atoms with Crippen LogP contribution in [0.5, 0.6) is 0 Å². The average Bonchev–Trinajstić information content (AvgIpc) is 2.73. The van der Waals surface area contributed by atoms with Crippen molar-refractivity contribution >= 4 is 11.9 Å². The van der Waals surface area contributed by atoms with Gasteiger partial charge in [-0.1, -0.05) is 30.3 Å². The highest BCUT2D eigenvalue weighted by Crippen LogP contribution is 2.09. The first-order valence-corrected chi connectivity index (χ1v) is 9.46. The third-order valence-electron chi connectivity index (χ3n) is 4.75. The number of rotatable bonds is 6. The van der Waals surface area contributed by atoms with E-state index in [1.807, 2.05) is 19.2 Å². The lowest BCUT2D eigenvalue weighted by atomic mass is 10.2. The zero-order chi connectivity index (χ0) is 18.9. The molecule has 0 aliphatic carbocycles. The van der Waals surface area contributed by atoms with Crippen LogP contribution in [0.2, 0.25) is 0 Å². The molecule has 7 nitrogen and oxygen atoms in total. The highest BCUT2D eigenvalue weighted by molar-refractivity contribution is 5.79. The van der Waals surface area contributed by atoms with Gasteiger partial charge in [0.15, 0.2) is 5.96 Å². The van der Waals surface area contributed by atoms with Crippen LogP contribution < -0.4 is 10.2 Å². The van der Waals surface area contributed by atoms with Crippen molar-refractivity contribution in [2.75, 3.05) is 58.3 Å². The Labute approximate surface area is 161 Å². The summed E-state index contributed by atoms with van der Waals surface area (Å²) < 4.78 is 0. The third kappa shape index (κ3) is 5.65. The maximum absolute atomic E-state index is 4.41. The molecule has 1 aliphatic heterocycles. The van der Waals surface area contributed by atoms with Gasteiger partial charge in [-0.05, 0) is 11.6 Å². The number of nitrogens with zero attached hydrogens (tertiary/aromatic N) is 6. The van der Waals surface area contributed by atoms with Crippen molar-refractivity contribution in [2.45, 2.75) is 6.54 Å². The van der Waals surface area contributed by atoms with Gasteiger partial charge in [0.25, 0.3) is 0 Å². The summed E-state index contributed by atoms with van der Waals surface area (Å²) in [5.74, 6) is 1.76. The molecular weight excluding hydrogens is 338 g/mol. The van der Waals surface area contributed by atoms with E-state index in [1.54, 1.807) is 12.4 Å². The van der Waals surface area contributed by atoms with Crippen molar-refractivity contribution in [3.8, 4) is 0 Å². The molecule has 0 unspecified atom stereocenters. The van der Waals surface area contributed by atoms with Gasteiger partial charge in [-0.3, -0.25) is 9.89 Å². The van der Waals surface area contributed by atoms with Gasteiger partial charge in [-0.15, -0.1) is 0 Å². The molecule has 1 aromatic heterocycles. The monoisotopic (exact) mass is 367 g/mol. The van der Waals surface area contributed by atoms with E-state index in [9.17, 15) is 0 Å². The lowest BCUT2D eigenvalue weighted by molar-refractivity contribution is 0.259. The van der Waals surface area contributed by atoms with Gasteiger partial charge in [0.05, 0.1) is 0 Å². The maximum Gasteiger partial charge on any atom is 0.225 e. The first-order chi connectivity index (χ1) is 13.3. The lowest BCUT2D eigenvalue weighted by Gasteiger charge is -2.34. The van der Waals surface area contributed by atoms with E-state index in [2.05, 4.69) is 66.3 Å². The second-order valence-corrected chi connectivity index (χ2v) is 6.69. The number of piperazine rings is 1. The van der Waals surface area contributed by atoms with Crippen molar-refractivity contribution in [1.29, 1.82) is 0 Å². The molecule has 1 saturated heterocycles. The normalized spacial score (nSPS) is 15.6. The number of benzene rings is 1. The van der Waals surface area contributed by atoms with Crippen molar-refractivity contribution in [3.05, 3.63) is 54.4 Å². The van der Waals surface area contributed by atoms with Crippen LogP contribution >= 0.6 is 0 Å². The Morgan fingerprint density at radius 1 is 1.07 bits per heavy atom. The van der Waals surface area contributed by atoms with Gasteiger partial charge in [0.1, 0.15) is 0 Å². The number of nitrogens with one attached hydrogen (secondary N) is 1. The Morgan fingerprint density at radius 3 is 2.44 bits per heavy atom. The number of anilines is 1. The van der Waals surface area contributed by atoms with E-state index in [4.69, 9.17) is 0 Å². The van der Waals surface area contributed by atoms with E-state index in [0.29, 0.717) is 0 Å². The Morgan fingerprint density at radius 2 is 1.78 bits per heavy atom. The number of aromatic nitrogens is 2. The first-order valence-electron chi connectivity index (χ1n) is 9.46. The van der Waals surface area contributed by atoms with Gasteiger partial charge >= 0.3 is 0 Å². The summed E-state index contributed by atoms with van der Waals surface area (Å²) in [6.07, 6.45) is 3.60. The summed E-state index contributed by atoms with van der Waals surface area (Å²) in [5.41, 5.74) is 1.28. The number of hydrogen-bond donors (Lipinski definition) is 1. The molecule has 0 spiro atoms. The third-order valence-corrected chi connectivity index (χ3v) is 4.75. The minimum absolute atomic E-state index is 0.832. The standard InChI is InChI=1S/C20H29N7/c1-21-19(25(2)17-18-7-4-3-5-8-18)24-11-12-26-13-15-27(16-14-26)20-22-9-6-10-23-20/h3-10H,11-17H2,1-2H3,(H,21,24). The fourth-order valence-electron chi connectivity index (χ4n) is 3.27. The highest BCUT2D eigenvalue weighted by atomic mass is 15.3. The van der Waals surface area contributed by atoms with Crippen LogP contribution in [0.4, 0.5) is 5.95 Å². The van der Waals surface area contributed by atoms with E-state index < -0.39 is 0 Å². The van der Waals surface area contributed by atoms with Crippen molar-refractivity contribution in [1.82, 2.24) is 25.1 Å². The van der Waals surface area contributed by atoms with Gasteiger partial charge in [0, 0.05) is 72.3 Å². The van der Waals surface area contributed by atoms with Crippen LogP contribution in [0.25, 0.3) is 0 Å². The van der Waals surface area contributed by atoms with E-state index >= 15 is 0 Å². The molecule has 0 radical (unpaired) electrons. The molecule has 0 bridgehead atoms. The van der Waals surface area contributed by atoms with Crippen LogP contribution in [-0.4, -0.2) is 79.1 Å². The second kappa shape index (κ2) is 9.87. The summed E-state index contributed by atoms with van der Waals surface area (Å²) in [4.78, 5) is 20.0. The molecule has 3 rings (SSSR count). The molecule has 27 heavy (non-hydrogen) atoms. The quantitative estimate of drug-likeness (QED) is 0.614. The summed E-state index contributed by atoms with van der Waals surface area (Å²) in [6, 6.07) is 12.3. The zero-order valence-electron chi connectivity index (χ0n) is 16.3. The number of guanidine groups is 1. The zero-order valence-corrected chi connectivity index (χ0v) is 16.3. The molecule has 1 aliphatic rings. The Kier molecular flexibility index (Phi) is 6.98. The topological polar surface area (TPSA) is 59.9 Å². The van der Waals surface area contributed by atoms with E-state index in [-0.39, 0.29) is 0 Å². The molecule has 1 fully saturated rings. The Hall–Kier alpha value is -2.67. The lowest BCUT2D eigenvalue weighted by Crippen LogP contribution is -2.49. The number of aliphatic imine (C=N–C) groups is 1. The molecule has 0 saturated carbocycles. The van der Waals surface area contributed by atoms with Crippen molar-refractivity contribution in [2.24, 2.45) is 4.99 Å². The fraction of sp³-hybridized carbons (Fsp3) is 0.450. The molecule has 7 heteroatoms. The van der Waals surface area contributed by atoms with Gasteiger partial charge in [0.2, 0.25) is 5.95 Å². The minimum atomic E-state index is 0.832. The fourth-order valence-corrected chi connectivity index (χ4v) is 3.27. The van der Waals surface area contributed by atoms with Crippen LogP contribution in [0.3, 0.4) is 0 Å². The summed E-state index contributed by atoms with van der Waals surface area (Å²) >= 11 is 0. The SMILES string of the molecule is CN=C(NCCN1CCN(c2ncccn2)CC1)N(C)Cc1ccccc1. The Balaban J connectivity index is 1.39. The van der Waals surface area contributed by atoms with Gasteiger partial charge in [-0.25, -0.2) is 9.97 Å². The molecule has 144 valence electrons. The molecular formula is C20H29N7. The molecule has 0 amide bonds. The van der Waals surface area contributed by atoms with Crippen molar-refractivity contribution < 1.29 is 0 Å². The molecule has 2 aromatic rings. The largest absolute Gasteiger partial charge is 0.355 e. The smallest absolute Gasteiger partial charge is 0.225 e. The van der Waals surface area contributed by atoms with Crippen LogP contribution in [-0.2, 0) is 6.54 Å². The van der Waals surface area contributed by atoms with Gasteiger partial charge in [-0.2, -0.15) is 0 Å². The Bertz CT molecular complexity index is 697. The molecule has 1 N–H and O–H groups in total. The minimum Gasteiger partial charge on any atom is -0.355 e. The van der Waals surface area contributed by atoms with E-state index in [1.165, 1.54) is 5.56 Å². The first kappa shape index (κ1) is 19.1. The second-order valence-electron chi connectivity index (χ2n) is 6.69. The highest BCUT2D eigenvalue weighted by Gasteiger charge is 2.18. The predicted octanol–water partition coefficient (Wildman–Crippen LogP) is 1.31.